The van der Waals surface area contributed by atoms with Crippen LogP contribution in [-0.2, 0) is 0 Å². The quantitative estimate of drug-likeness (QED) is 0.682. The Balaban J connectivity index is 1.72. The molecule has 4 heteroatoms. The molecule has 3 nitrogen and oxygen atoms in total. The summed E-state index contributed by atoms with van der Waals surface area (Å²) in [6.07, 6.45) is 1.74. The minimum Gasteiger partial charge on any atom is -0.485 e. The zero-order valence-corrected chi connectivity index (χ0v) is 11.8. The number of hydrogen-bond acceptors (Lipinski definition) is 4. The van der Waals surface area contributed by atoms with Crippen LogP contribution < -0.4 is 4.74 Å². The average molecular weight is 283 g/mol. The zero-order valence-electron chi connectivity index (χ0n) is 11.0. The van der Waals surface area contributed by atoms with Crippen LogP contribution in [0.1, 0.15) is 14.5 Å². The molecule has 100 valence electrons. The van der Waals surface area contributed by atoms with Gasteiger partial charge in [0.15, 0.2) is 6.61 Å². The molecule has 0 saturated heterocycles. The third-order valence-corrected chi connectivity index (χ3v) is 4.00. The molecular weight excluding hydrogens is 270 g/mol. The SMILES string of the molecule is Cc1ccc(C(=O)COc2ccc3cccnc3c2)s1. The molecule has 0 fully saturated rings. The zero-order chi connectivity index (χ0) is 13.9. The van der Waals surface area contributed by atoms with E-state index in [9.17, 15) is 4.79 Å². The van der Waals surface area contributed by atoms with Gasteiger partial charge in [0.2, 0.25) is 5.78 Å². The number of thiophene rings is 1. The first-order valence-corrected chi connectivity index (χ1v) is 7.11. The average Bonchev–Trinajstić information content (AvgIpc) is 2.91. The Hall–Kier alpha value is -2.20. The van der Waals surface area contributed by atoms with Crippen LogP contribution in [0.15, 0.2) is 48.7 Å². The van der Waals surface area contributed by atoms with Gasteiger partial charge in [-0.15, -0.1) is 11.3 Å². The first-order valence-electron chi connectivity index (χ1n) is 6.29. The molecule has 0 aliphatic heterocycles. The van der Waals surface area contributed by atoms with Gasteiger partial charge in [0.1, 0.15) is 5.75 Å². The molecule has 0 bridgehead atoms. The molecule has 0 radical (unpaired) electrons. The maximum absolute atomic E-state index is 12.0. The lowest BCUT2D eigenvalue weighted by atomic mass is 10.2. The van der Waals surface area contributed by atoms with Crippen molar-refractivity contribution in [1.29, 1.82) is 0 Å². The molecule has 20 heavy (non-hydrogen) atoms. The van der Waals surface area contributed by atoms with Crippen LogP contribution in [-0.4, -0.2) is 17.4 Å². The van der Waals surface area contributed by atoms with E-state index in [1.807, 2.05) is 49.4 Å². The molecule has 0 amide bonds. The van der Waals surface area contributed by atoms with Gasteiger partial charge in [0.25, 0.3) is 0 Å². The van der Waals surface area contributed by atoms with Crippen LogP contribution in [0, 0.1) is 6.92 Å². The fraction of sp³-hybridized carbons (Fsp3) is 0.125. The highest BCUT2D eigenvalue weighted by atomic mass is 32.1. The van der Waals surface area contributed by atoms with Crippen molar-refractivity contribution in [2.24, 2.45) is 0 Å². The van der Waals surface area contributed by atoms with Crippen LogP contribution in [0.2, 0.25) is 0 Å². The molecular formula is C16H13NO2S. The van der Waals surface area contributed by atoms with E-state index in [4.69, 9.17) is 4.74 Å². The molecule has 3 rings (SSSR count). The molecule has 0 saturated carbocycles. The van der Waals surface area contributed by atoms with Gasteiger partial charge < -0.3 is 4.74 Å². The summed E-state index contributed by atoms with van der Waals surface area (Å²) in [7, 11) is 0. The van der Waals surface area contributed by atoms with Crippen molar-refractivity contribution in [2.45, 2.75) is 6.92 Å². The number of ether oxygens (including phenoxy) is 1. The van der Waals surface area contributed by atoms with E-state index in [1.54, 1.807) is 6.20 Å². The summed E-state index contributed by atoms with van der Waals surface area (Å²) in [5, 5.41) is 1.06. The van der Waals surface area contributed by atoms with E-state index in [2.05, 4.69) is 4.98 Å². The predicted octanol–water partition coefficient (Wildman–Crippen LogP) is 3.87. The molecule has 0 spiro atoms. The van der Waals surface area contributed by atoms with E-state index >= 15 is 0 Å². The number of fused-ring (bicyclic) bond motifs is 1. The van der Waals surface area contributed by atoms with Crippen molar-refractivity contribution in [3.8, 4) is 5.75 Å². The Morgan fingerprint density at radius 1 is 1.25 bits per heavy atom. The molecule has 0 atom stereocenters. The predicted molar refractivity (Wildman–Crippen MR) is 80.6 cm³/mol. The van der Waals surface area contributed by atoms with Crippen LogP contribution >= 0.6 is 11.3 Å². The number of hydrogen-bond donors (Lipinski definition) is 0. The lowest BCUT2D eigenvalue weighted by Gasteiger charge is -2.05. The van der Waals surface area contributed by atoms with E-state index < -0.39 is 0 Å². The van der Waals surface area contributed by atoms with Crippen molar-refractivity contribution >= 4 is 28.0 Å². The summed E-state index contributed by atoms with van der Waals surface area (Å²) in [5.74, 6) is 0.669. The highest BCUT2D eigenvalue weighted by Gasteiger charge is 2.09. The number of aromatic nitrogens is 1. The fourth-order valence-electron chi connectivity index (χ4n) is 1.94. The molecule has 2 heterocycles. The van der Waals surface area contributed by atoms with Crippen molar-refractivity contribution in [2.75, 3.05) is 6.61 Å². The molecule has 2 aromatic heterocycles. The second-order valence-electron chi connectivity index (χ2n) is 4.48. The van der Waals surface area contributed by atoms with Crippen molar-refractivity contribution in [1.82, 2.24) is 4.98 Å². The number of pyridine rings is 1. The van der Waals surface area contributed by atoms with E-state index in [0.29, 0.717) is 5.75 Å². The van der Waals surface area contributed by atoms with Crippen LogP contribution in [0.5, 0.6) is 5.75 Å². The minimum atomic E-state index is 0.00391. The number of carbonyl (C=O) groups is 1. The lowest BCUT2D eigenvalue weighted by Crippen LogP contribution is -2.10. The Morgan fingerprint density at radius 2 is 2.15 bits per heavy atom. The highest BCUT2D eigenvalue weighted by molar-refractivity contribution is 7.14. The second kappa shape index (κ2) is 5.43. The number of carbonyl (C=O) groups excluding carboxylic acids is 1. The van der Waals surface area contributed by atoms with Crippen LogP contribution in [0.25, 0.3) is 10.9 Å². The van der Waals surface area contributed by atoms with Gasteiger partial charge >= 0.3 is 0 Å². The van der Waals surface area contributed by atoms with E-state index in [0.717, 1.165) is 20.7 Å². The first kappa shape index (κ1) is 12.8. The van der Waals surface area contributed by atoms with Crippen molar-refractivity contribution in [3.63, 3.8) is 0 Å². The number of rotatable bonds is 4. The van der Waals surface area contributed by atoms with Gasteiger partial charge in [0.05, 0.1) is 10.4 Å². The number of Topliss-reactive ketones (excluding diaryl/α,β-unsaturated/α-hetero) is 1. The van der Waals surface area contributed by atoms with E-state index in [-0.39, 0.29) is 12.4 Å². The smallest absolute Gasteiger partial charge is 0.210 e. The number of aryl methyl sites for hydroxylation is 1. The van der Waals surface area contributed by atoms with Gasteiger partial charge in [0, 0.05) is 22.5 Å². The number of benzene rings is 1. The van der Waals surface area contributed by atoms with Gasteiger partial charge in [-0.05, 0) is 37.3 Å². The Bertz CT molecular complexity index is 764. The van der Waals surface area contributed by atoms with E-state index in [1.165, 1.54) is 11.3 Å². The second-order valence-corrected chi connectivity index (χ2v) is 5.77. The standard InChI is InChI=1S/C16H13NO2S/c1-11-4-7-16(20-11)15(18)10-19-13-6-5-12-3-2-8-17-14(12)9-13/h2-9H,10H2,1H3. The summed E-state index contributed by atoms with van der Waals surface area (Å²) in [6.45, 7) is 2.04. The summed E-state index contributed by atoms with van der Waals surface area (Å²) in [4.78, 5) is 18.1. The van der Waals surface area contributed by atoms with Gasteiger partial charge in [-0.1, -0.05) is 6.07 Å². The largest absolute Gasteiger partial charge is 0.485 e. The third-order valence-electron chi connectivity index (χ3n) is 2.96. The van der Waals surface area contributed by atoms with Crippen molar-refractivity contribution < 1.29 is 9.53 Å². The van der Waals surface area contributed by atoms with Gasteiger partial charge in [-0.2, -0.15) is 0 Å². The molecule has 0 unspecified atom stereocenters. The monoisotopic (exact) mass is 283 g/mol. The highest BCUT2D eigenvalue weighted by Crippen LogP contribution is 2.20. The van der Waals surface area contributed by atoms with Gasteiger partial charge in [-0.25, -0.2) is 0 Å². The first-order chi connectivity index (χ1) is 9.72. The summed E-state index contributed by atoms with van der Waals surface area (Å²) in [6, 6.07) is 13.3. The summed E-state index contributed by atoms with van der Waals surface area (Å²) >= 11 is 1.49. The molecule has 3 aromatic rings. The molecule has 0 aliphatic rings. The number of nitrogens with zero attached hydrogens (tertiary/aromatic N) is 1. The Morgan fingerprint density at radius 3 is 2.95 bits per heavy atom. The molecule has 1 aromatic carbocycles. The Kier molecular flexibility index (Phi) is 3.48. The van der Waals surface area contributed by atoms with Crippen molar-refractivity contribution in [3.05, 3.63) is 58.4 Å². The minimum absolute atomic E-state index is 0.00391. The maximum atomic E-state index is 12.0. The lowest BCUT2D eigenvalue weighted by molar-refractivity contribution is 0.0925. The van der Waals surface area contributed by atoms with Crippen LogP contribution in [0.3, 0.4) is 0 Å². The maximum Gasteiger partial charge on any atom is 0.210 e. The molecule has 0 aliphatic carbocycles. The molecule has 0 N–H and O–H groups in total. The van der Waals surface area contributed by atoms with Crippen LogP contribution in [0.4, 0.5) is 0 Å². The third kappa shape index (κ3) is 2.70. The summed E-state index contributed by atoms with van der Waals surface area (Å²) < 4.78 is 5.56. The van der Waals surface area contributed by atoms with Gasteiger partial charge in [-0.3, -0.25) is 9.78 Å². The normalized spacial score (nSPS) is 10.7. The summed E-state index contributed by atoms with van der Waals surface area (Å²) in [5.41, 5.74) is 0.865. The Labute approximate surface area is 120 Å². The topological polar surface area (TPSA) is 39.2 Å². The number of ketones is 1. The fourth-order valence-corrected chi connectivity index (χ4v) is 2.73.